The van der Waals surface area contributed by atoms with Crippen molar-refractivity contribution in [1.82, 2.24) is 15.1 Å². The van der Waals surface area contributed by atoms with Gasteiger partial charge >= 0.3 is 0 Å². The Morgan fingerprint density at radius 2 is 1.95 bits per heavy atom. The van der Waals surface area contributed by atoms with Crippen LogP contribution in [0.1, 0.15) is 44.7 Å². The first kappa shape index (κ1) is 13.4. The van der Waals surface area contributed by atoms with Gasteiger partial charge in [-0.25, -0.2) is 4.68 Å². The highest BCUT2D eigenvalue weighted by Crippen LogP contribution is 2.30. The highest BCUT2D eigenvalue weighted by atomic mass is 15.3. The second-order valence-electron chi connectivity index (χ2n) is 5.92. The first-order chi connectivity index (χ1) is 9.74. The third kappa shape index (κ3) is 2.78. The summed E-state index contributed by atoms with van der Waals surface area (Å²) in [6, 6.07) is 11.2. The van der Waals surface area contributed by atoms with Crippen molar-refractivity contribution in [1.29, 1.82) is 0 Å². The van der Waals surface area contributed by atoms with Gasteiger partial charge in [0.2, 0.25) is 0 Å². The molecular weight excluding hydrogens is 246 g/mol. The maximum Gasteiger partial charge on any atom is 0.0645 e. The predicted molar refractivity (Wildman–Crippen MR) is 81.9 cm³/mol. The summed E-state index contributed by atoms with van der Waals surface area (Å²) in [4.78, 5) is 0. The summed E-state index contributed by atoms with van der Waals surface area (Å²) < 4.78 is 1.95. The highest BCUT2D eigenvalue weighted by molar-refractivity contribution is 5.31. The van der Waals surface area contributed by atoms with Crippen molar-refractivity contribution in [3.63, 3.8) is 0 Å². The minimum absolute atomic E-state index is 0.350. The van der Waals surface area contributed by atoms with Gasteiger partial charge in [-0.3, -0.25) is 0 Å². The molecule has 0 amide bonds. The first-order valence-electron chi connectivity index (χ1n) is 7.60. The van der Waals surface area contributed by atoms with Crippen LogP contribution in [0.5, 0.6) is 0 Å². The number of nitrogens with zero attached hydrogens (tertiary/aromatic N) is 2. The molecule has 1 heterocycles. The van der Waals surface area contributed by atoms with Crippen molar-refractivity contribution >= 4 is 0 Å². The van der Waals surface area contributed by atoms with Crippen molar-refractivity contribution in [3.05, 3.63) is 48.3 Å². The third-order valence-electron chi connectivity index (χ3n) is 4.49. The Balaban J connectivity index is 1.66. The lowest BCUT2D eigenvalue weighted by molar-refractivity contribution is 0.230. The van der Waals surface area contributed by atoms with Crippen LogP contribution in [-0.2, 0) is 0 Å². The molecule has 0 bridgehead atoms. The number of rotatable bonds is 5. The number of para-hydroxylation sites is 1. The van der Waals surface area contributed by atoms with Crippen LogP contribution in [0.15, 0.2) is 42.7 Å². The zero-order chi connectivity index (χ0) is 13.9. The average molecular weight is 269 g/mol. The number of hydrogen-bond donors (Lipinski definition) is 1. The van der Waals surface area contributed by atoms with E-state index in [1.165, 1.54) is 24.8 Å². The number of aromatic nitrogens is 2. The van der Waals surface area contributed by atoms with Crippen LogP contribution in [-0.4, -0.2) is 15.8 Å². The fourth-order valence-electron chi connectivity index (χ4n) is 2.85. The van der Waals surface area contributed by atoms with Crippen molar-refractivity contribution in [3.8, 4) is 5.69 Å². The molecule has 1 N–H and O–H groups in total. The molecule has 3 rings (SSSR count). The van der Waals surface area contributed by atoms with Crippen molar-refractivity contribution in [2.24, 2.45) is 5.92 Å². The molecule has 1 aromatic heterocycles. The predicted octanol–water partition coefficient (Wildman–Crippen LogP) is 3.71. The molecule has 0 spiro atoms. The van der Waals surface area contributed by atoms with Gasteiger partial charge < -0.3 is 5.32 Å². The highest BCUT2D eigenvalue weighted by Gasteiger charge is 2.25. The second kappa shape index (κ2) is 5.80. The zero-order valence-corrected chi connectivity index (χ0v) is 12.3. The van der Waals surface area contributed by atoms with Crippen LogP contribution in [0.4, 0.5) is 0 Å². The van der Waals surface area contributed by atoms with E-state index in [1.54, 1.807) is 0 Å². The van der Waals surface area contributed by atoms with E-state index in [1.807, 2.05) is 29.1 Å². The van der Waals surface area contributed by atoms with E-state index in [0.717, 1.165) is 11.6 Å². The van der Waals surface area contributed by atoms with E-state index in [2.05, 4.69) is 42.6 Å². The standard InChI is InChI=1S/C17H23N3/c1-13(15-7-6-8-15)19-14(2)16-11-18-20(12-16)17-9-4-3-5-10-17/h3-5,9-15,19H,6-8H2,1-2H3. The molecule has 0 aliphatic heterocycles. The van der Waals surface area contributed by atoms with Gasteiger partial charge in [-0.15, -0.1) is 0 Å². The Labute approximate surface area is 121 Å². The fourth-order valence-corrected chi connectivity index (χ4v) is 2.85. The third-order valence-corrected chi connectivity index (χ3v) is 4.49. The normalized spacial score (nSPS) is 18.5. The number of hydrogen-bond acceptors (Lipinski definition) is 2. The Kier molecular flexibility index (Phi) is 3.88. The molecule has 106 valence electrons. The maximum absolute atomic E-state index is 4.47. The summed E-state index contributed by atoms with van der Waals surface area (Å²) in [6.07, 6.45) is 8.25. The molecule has 3 nitrogen and oxygen atoms in total. The van der Waals surface area contributed by atoms with Crippen molar-refractivity contribution < 1.29 is 0 Å². The van der Waals surface area contributed by atoms with Gasteiger partial charge in [0.15, 0.2) is 0 Å². The van der Waals surface area contributed by atoms with E-state index in [0.29, 0.717) is 12.1 Å². The van der Waals surface area contributed by atoms with Gasteiger partial charge in [0.1, 0.15) is 0 Å². The van der Waals surface area contributed by atoms with Crippen molar-refractivity contribution in [2.75, 3.05) is 0 Å². The first-order valence-corrected chi connectivity index (χ1v) is 7.60. The Bertz CT molecular complexity index is 542. The Morgan fingerprint density at radius 1 is 1.20 bits per heavy atom. The molecule has 3 heteroatoms. The minimum atomic E-state index is 0.350. The molecule has 2 unspecified atom stereocenters. The summed E-state index contributed by atoms with van der Waals surface area (Å²) in [5, 5.41) is 8.18. The van der Waals surface area contributed by atoms with Gasteiger partial charge in [0.05, 0.1) is 11.9 Å². The van der Waals surface area contributed by atoms with E-state index in [9.17, 15) is 0 Å². The van der Waals surface area contributed by atoms with E-state index < -0.39 is 0 Å². The topological polar surface area (TPSA) is 29.9 Å². The molecule has 1 fully saturated rings. The van der Waals surface area contributed by atoms with Gasteiger partial charge in [0.25, 0.3) is 0 Å². The van der Waals surface area contributed by atoms with Crippen LogP contribution >= 0.6 is 0 Å². The van der Waals surface area contributed by atoms with Gasteiger partial charge in [-0.2, -0.15) is 5.10 Å². The summed E-state index contributed by atoms with van der Waals surface area (Å²) in [5.74, 6) is 0.863. The zero-order valence-electron chi connectivity index (χ0n) is 12.3. The van der Waals surface area contributed by atoms with Crippen LogP contribution in [0, 0.1) is 5.92 Å². The second-order valence-corrected chi connectivity index (χ2v) is 5.92. The lowest BCUT2D eigenvalue weighted by atomic mass is 9.80. The largest absolute Gasteiger partial charge is 0.307 e. The molecule has 0 saturated heterocycles. The van der Waals surface area contributed by atoms with Gasteiger partial charge in [-0.05, 0) is 44.7 Å². The van der Waals surface area contributed by atoms with Gasteiger partial charge in [0, 0.05) is 23.8 Å². The van der Waals surface area contributed by atoms with E-state index >= 15 is 0 Å². The molecule has 2 atom stereocenters. The Hall–Kier alpha value is -1.61. The maximum atomic E-state index is 4.47. The molecular formula is C17H23N3. The summed E-state index contributed by atoms with van der Waals surface area (Å²) >= 11 is 0. The number of nitrogens with one attached hydrogen (secondary N) is 1. The van der Waals surface area contributed by atoms with Crippen LogP contribution in [0.25, 0.3) is 5.69 Å². The molecule has 1 aliphatic rings. The summed E-state index contributed by atoms with van der Waals surface area (Å²) in [5.41, 5.74) is 2.36. The average Bonchev–Trinajstić information content (AvgIpc) is 2.87. The summed E-state index contributed by atoms with van der Waals surface area (Å²) in [6.45, 7) is 4.53. The lowest BCUT2D eigenvalue weighted by Gasteiger charge is -2.33. The molecule has 1 aliphatic carbocycles. The van der Waals surface area contributed by atoms with E-state index in [-0.39, 0.29) is 0 Å². The molecule has 2 aromatic rings. The Morgan fingerprint density at radius 3 is 2.60 bits per heavy atom. The fraction of sp³-hybridized carbons (Fsp3) is 0.471. The molecule has 1 aromatic carbocycles. The monoisotopic (exact) mass is 269 g/mol. The number of benzene rings is 1. The van der Waals surface area contributed by atoms with Crippen LogP contribution < -0.4 is 5.32 Å². The van der Waals surface area contributed by atoms with E-state index in [4.69, 9.17) is 0 Å². The minimum Gasteiger partial charge on any atom is -0.307 e. The van der Waals surface area contributed by atoms with Crippen LogP contribution in [0.2, 0.25) is 0 Å². The van der Waals surface area contributed by atoms with Crippen molar-refractivity contribution in [2.45, 2.75) is 45.2 Å². The van der Waals surface area contributed by atoms with Crippen LogP contribution in [0.3, 0.4) is 0 Å². The lowest BCUT2D eigenvalue weighted by Crippen LogP contribution is -2.38. The summed E-state index contributed by atoms with van der Waals surface area (Å²) in [7, 11) is 0. The molecule has 0 radical (unpaired) electrons. The molecule has 20 heavy (non-hydrogen) atoms. The van der Waals surface area contributed by atoms with Gasteiger partial charge in [-0.1, -0.05) is 24.6 Å². The SMILES string of the molecule is CC(NC(C)C1CCC1)c1cnn(-c2ccccc2)c1. The molecule has 1 saturated carbocycles. The quantitative estimate of drug-likeness (QED) is 0.896. The smallest absolute Gasteiger partial charge is 0.0645 e.